The summed E-state index contributed by atoms with van der Waals surface area (Å²) in [5, 5.41) is 8.43. The Morgan fingerprint density at radius 3 is 2.60 bits per heavy atom. The highest BCUT2D eigenvalue weighted by atomic mass is 35.5. The molecular formula is C16H17Cl2N3O3S. The minimum atomic E-state index is -3.71. The van der Waals surface area contributed by atoms with Crippen molar-refractivity contribution in [3.63, 3.8) is 0 Å². The number of aromatic nitrogens is 2. The third-order valence-electron chi connectivity index (χ3n) is 4.00. The van der Waals surface area contributed by atoms with E-state index in [0.717, 1.165) is 5.69 Å². The Bertz CT molecular complexity index is 888. The maximum absolute atomic E-state index is 12.9. The van der Waals surface area contributed by atoms with Crippen LogP contribution in [0.2, 0.25) is 10.0 Å². The van der Waals surface area contributed by atoms with Crippen LogP contribution in [0.1, 0.15) is 17.7 Å². The van der Waals surface area contributed by atoms with Gasteiger partial charge in [0.05, 0.1) is 17.3 Å². The third-order valence-corrected chi connectivity index (χ3v) is 6.74. The van der Waals surface area contributed by atoms with Crippen molar-refractivity contribution in [2.24, 2.45) is 0 Å². The van der Waals surface area contributed by atoms with Crippen molar-refractivity contribution in [1.29, 1.82) is 0 Å². The Labute approximate surface area is 156 Å². The van der Waals surface area contributed by atoms with E-state index in [1.54, 1.807) is 19.1 Å². The summed E-state index contributed by atoms with van der Waals surface area (Å²) >= 11 is 12.1. The number of rotatable bonds is 4. The average Bonchev–Trinajstić information content (AvgIpc) is 3.02. The lowest BCUT2D eigenvalue weighted by atomic mass is 10.2. The van der Waals surface area contributed by atoms with E-state index in [9.17, 15) is 8.42 Å². The monoisotopic (exact) mass is 401 g/mol. The van der Waals surface area contributed by atoms with E-state index in [-0.39, 0.29) is 22.6 Å². The SMILES string of the molecule is Cc1ccc(OC2CCN(S(=O)(=O)c3cc(C)c(Cl)cc3Cl)C2)nn1. The Balaban J connectivity index is 1.76. The van der Waals surface area contributed by atoms with Crippen LogP contribution in [-0.4, -0.2) is 42.1 Å². The number of sulfonamides is 1. The normalized spacial score (nSPS) is 18.5. The summed E-state index contributed by atoms with van der Waals surface area (Å²) in [5.74, 6) is 0.384. The molecule has 1 aliphatic rings. The first kappa shape index (κ1) is 18.4. The first-order valence-electron chi connectivity index (χ1n) is 7.70. The molecule has 1 atom stereocenters. The molecule has 3 rings (SSSR count). The zero-order valence-electron chi connectivity index (χ0n) is 13.7. The molecule has 0 aliphatic carbocycles. The van der Waals surface area contributed by atoms with Crippen LogP contribution in [-0.2, 0) is 10.0 Å². The number of benzene rings is 1. The zero-order valence-corrected chi connectivity index (χ0v) is 16.1. The predicted octanol–water partition coefficient (Wildman–Crippen LogP) is 3.24. The predicted molar refractivity (Wildman–Crippen MR) is 95.8 cm³/mol. The molecule has 1 unspecified atom stereocenters. The molecule has 1 aliphatic heterocycles. The standard InChI is InChI=1S/C16H17Cl2N3O3S/c1-10-7-15(14(18)8-13(10)17)25(22,23)21-6-5-12(9-21)24-16-4-3-11(2)19-20-16/h3-4,7-8,12H,5-6,9H2,1-2H3. The van der Waals surface area contributed by atoms with Crippen LogP contribution in [0.3, 0.4) is 0 Å². The van der Waals surface area contributed by atoms with E-state index in [2.05, 4.69) is 10.2 Å². The molecule has 1 aromatic heterocycles. The summed E-state index contributed by atoms with van der Waals surface area (Å²) in [6.07, 6.45) is 0.290. The van der Waals surface area contributed by atoms with Gasteiger partial charge in [-0.2, -0.15) is 9.40 Å². The zero-order chi connectivity index (χ0) is 18.2. The second kappa shape index (κ2) is 7.07. The van der Waals surface area contributed by atoms with Gasteiger partial charge < -0.3 is 4.74 Å². The van der Waals surface area contributed by atoms with Crippen molar-refractivity contribution in [2.75, 3.05) is 13.1 Å². The van der Waals surface area contributed by atoms with Gasteiger partial charge in [0.2, 0.25) is 15.9 Å². The van der Waals surface area contributed by atoms with Crippen LogP contribution in [0.25, 0.3) is 0 Å². The number of halogens is 2. The maximum atomic E-state index is 12.9. The van der Waals surface area contributed by atoms with Gasteiger partial charge in [0.25, 0.3) is 0 Å². The molecule has 0 amide bonds. The summed E-state index contributed by atoms with van der Waals surface area (Å²) < 4.78 is 32.9. The first-order chi connectivity index (χ1) is 11.8. The molecule has 1 fully saturated rings. The van der Waals surface area contributed by atoms with E-state index >= 15 is 0 Å². The molecule has 0 radical (unpaired) electrons. The van der Waals surface area contributed by atoms with Crippen LogP contribution in [0.5, 0.6) is 5.88 Å². The highest BCUT2D eigenvalue weighted by Gasteiger charge is 2.35. The molecule has 2 heterocycles. The van der Waals surface area contributed by atoms with Gasteiger partial charge in [-0.25, -0.2) is 8.42 Å². The lowest BCUT2D eigenvalue weighted by molar-refractivity contribution is 0.204. The van der Waals surface area contributed by atoms with Crippen molar-refractivity contribution in [3.05, 3.63) is 45.6 Å². The van der Waals surface area contributed by atoms with E-state index < -0.39 is 10.0 Å². The third kappa shape index (κ3) is 3.89. The topological polar surface area (TPSA) is 72.4 Å². The van der Waals surface area contributed by atoms with E-state index in [0.29, 0.717) is 29.4 Å². The number of hydrogen-bond donors (Lipinski definition) is 0. The van der Waals surface area contributed by atoms with Gasteiger partial charge in [-0.15, -0.1) is 5.10 Å². The summed E-state index contributed by atoms with van der Waals surface area (Å²) in [5.41, 5.74) is 1.45. The average molecular weight is 402 g/mol. The smallest absolute Gasteiger partial charge is 0.244 e. The lowest BCUT2D eigenvalue weighted by Crippen LogP contribution is -2.31. The summed E-state index contributed by atoms with van der Waals surface area (Å²) in [6, 6.07) is 6.47. The van der Waals surface area contributed by atoms with Crippen molar-refractivity contribution in [1.82, 2.24) is 14.5 Å². The highest BCUT2D eigenvalue weighted by molar-refractivity contribution is 7.89. The molecule has 2 aromatic rings. The number of aryl methyl sites for hydroxylation is 2. The van der Waals surface area contributed by atoms with Crippen LogP contribution >= 0.6 is 23.2 Å². The fourth-order valence-electron chi connectivity index (χ4n) is 2.60. The number of ether oxygens (including phenoxy) is 1. The van der Waals surface area contributed by atoms with E-state index in [4.69, 9.17) is 27.9 Å². The van der Waals surface area contributed by atoms with Crippen molar-refractivity contribution in [3.8, 4) is 5.88 Å². The van der Waals surface area contributed by atoms with E-state index in [1.165, 1.54) is 16.4 Å². The van der Waals surface area contributed by atoms with Gasteiger partial charge in [-0.05, 0) is 44.0 Å². The van der Waals surface area contributed by atoms with Crippen molar-refractivity contribution >= 4 is 33.2 Å². The fourth-order valence-corrected chi connectivity index (χ4v) is 4.89. The Morgan fingerprint density at radius 2 is 1.92 bits per heavy atom. The molecular weight excluding hydrogens is 385 g/mol. The second-order valence-electron chi connectivity index (χ2n) is 5.94. The van der Waals surface area contributed by atoms with E-state index in [1.807, 2.05) is 6.92 Å². The van der Waals surface area contributed by atoms with Gasteiger partial charge >= 0.3 is 0 Å². The van der Waals surface area contributed by atoms with Gasteiger partial charge in [-0.3, -0.25) is 0 Å². The van der Waals surface area contributed by atoms with Gasteiger partial charge in [0, 0.05) is 17.6 Å². The largest absolute Gasteiger partial charge is 0.472 e. The molecule has 25 heavy (non-hydrogen) atoms. The Hall–Kier alpha value is -1.41. The van der Waals surface area contributed by atoms with Crippen LogP contribution in [0.4, 0.5) is 0 Å². The summed E-state index contributed by atoms with van der Waals surface area (Å²) in [4.78, 5) is 0.0619. The number of nitrogens with zero attached hydrogens (tertiary/aromatic N) is 3. The molecule has 0 bridgehead atoms. The maximum Gasteiger partial charge on any atom is 0.244 e. The molecule has 0 saturated carbocycles. The summed E-state index contributed by atoms with van der Waals surface area (Å²) in [7, 11) is -3.71. The molecule has 1 aromatic carbocycles. The second-order valence-corrected chi connectivity index (χ2v) is 8.66. The quantitative estimate of drug-likeness (QED) is 0.785. The Kier molecular flexibility index (Phi) is 5.20. The molecule has 1 saturated heterocycles. The van der Waals surface area contributed by atoms with Gasteiger partial charge in [-0.1, -0.05) is 23.2 Å². The molecule has 0 N–H and O–H groups in total. The molecule has 0 spiro atoms. The van der Waals surface area contributed by atoms with Crippen LogP contribution in [0.15, 0.2) is 29.2 Å². The number of hydrogen-bond acceptors (Lipinski definition) is 5. The summed E-state index contributed by atoms with van der Waals surface area (Å²) in [6.45, 7) is 4.16. The van der Waals surface area contributed by atoms with Gasteiger partial charge in [0.15, 0.2) is 0 Å². The van der Waals surface area contributed by atoms with Crippen LogP contribution in [0, 0.1) is 13.8 Å². The Morgan fingerprint density at radius 1 is 1.16 bits per heavy atom. The molecule has 6 nitrogen and oxygen atoms in total. The highest BCUT2D eigenvalue weighted by Crippen LogP contribution is 2.32. The lowest BCUT2D eigenvalue weighted by Gasteiger charge is -2.18. The minimum absolute atomic E-state index is 0.0619. The molecule has 134 valence electrons. The minimum Gasteiger partial charge on any atom is -0.472 e. The van der Waals surface area contributed by atoms with Crippen LogP contribution < -0.4 is 4.74 Å². The van der Waals surface area contributed by atoms with Crippen molar-refractivity contribution < 1.29 is 13.2 Å². The molecule has 9 heteroatoms. The fraction of sp³-hybridized carbons (Fsp3) is 0.375. The van der Waals surface area contributed by atoms with Crippen molar-refractivity contribution in [2.45, 2.75) is 31.3 Å². The first-order valence-corrected chi connectivity index (χ1v) is 9.90. The van der Waals surface area contributed by atoms with Gasteiger partial charge in [0.1, 0.15) is 11.0 Å².